The molecule has 2 N–H and O–H groups in total. The number of ether oxygens (including phenoxy) is 1. The molecular formula is C21H25N5O3. The zero-order valence-corrected chi connectivity index (χ0v) is 16.9. The summed E-state index contributed by atoms with van der Waals surface area (Å²) in [4.78, 5) is 30.5. The summed E-state index contributed by atoms with van der Waals surface area (Å²) < 4.78 is 6.88. The Morgan fingerprint density at radius 3 is 2.66 bits per heavy atom. The average Bonchev–Trinajstić information content (AvgIpc) is 3.10. The number of anilines is 1. The third-order valence-electron chi connectivity index (χ3n) is 5.60. The third kappa shape index (κ3) is 4.01. The van der Waals surface area contributed by atoms with Gasteiger partial charge in [0.25, 0.3) is 5.56 Å². The first kappa shape index (κ1) is 19.2. The largest absolute Gasteiger partial charge is 0.496 e. The Morgan fingerprint density at radius 2 is 2.07 bits per heavy atom. The lowest BCUT2D eigenvalue weighted by atomic mass is 10.1. The fraction of sp³-hybridized carbons (Fsp3) is 0.429. The normalized spacial score (nSPS) is 19.3. The number of aromatic nitrogens is 4. The van der Waals surface area contributed by atoms with Gasteiger partial charge in [0, 0.05) is 25.7 Å². The fourth-order valence-corrected chi connectivity index (χ4v) is 3.99. The summed E-state index contributed by atoms with van der Waals surface area (Å²) in [7, 11) is 3.23. The van der Waals surface area contributed by atoms with Crippen LogP contribution in [0.15, 0.2) is 29.2 Å². The highest BCUT2D eigenvalue weighted by atomic mass is 16.5. The molecule has 5 rings (SSSR count). The lowest BCUT2D eigenvalue weighted by molar-refractivity contribution is -0.114. The smallest absolute Gasteiger partial charge is 0.262 e. The van der Waals surface area contributed by atoms with Gasteiger partial charge in [-0.25, -0.2) is 4.98 Å². The number of carbonyl (C=O) groups excluding carboxylic acids is 1. The number of aromatic amines is 1. The standard InChI is InChI=1S/C15H15N5O3.C6H10/c1-8(21)17-9-4-5-10(12(6-9)23-3)13-18-14-11(15(22)19-13)7-16-20(14)2;1-2-5-4-6(5)3-1/h4-7H,1-3H3,(H,17,21)(H,18,19,22);5-6H,1-4H2. The van der Waals surface area contributed by atoms with Crippen LogP contribution in [-0.4, -0.2) is 32.8 Å². The van der Waals surface area contributed by atoms with Gasteiger partial charge >= 0.3 is 0 Å². The minimum Gasteiger partial charge on any atom is -0.496 e. The first-order valence-electron chi connectivity index (χ1n) is 9.84. The van der Waals surface area contributed by atoms with Crippen molar-refractivity contribution in [1.29, 1.82) is 0 Å². The molecule has 0 radical (unpaired) electrons. The number of methoxy groups -OCH3 is 1. The summed E-state index contributed by atoms with van der Waals surface area (Å²) in [5, 5.41) is 7.14. The molecule has 3 aromatic rings. The second kappa shape index (κ2) is 7.69. The van der Waals surface area contributed by atoms with E-state index in [1.807, 2.05) is 0 Å². The molecule has 2 heterocycles. The lowest BCUT2D eigenvalue weighted by Crippen LogP contribution is -2.10. The molecule has 2 aliphatic rings. The number of aryl methyl sites for hydroxylation is 1. The van der Waals surface area contributed by atoms with Gasteiger partial charge in [-0.15, -0.1) is 0 Å². The number of nitrogens with one attached hydrogen (secondary N) is 2. The predicted octanol–water partition coefficient (Wildman–Crippen LogP) is 3.10. The summed E-state index contributed by atoms with van der Waals surface area (Å²) in [6, 6.07) is 5.11. The van der Waals surface area contributed by atoms with Gasteiger partial charge in [0.05, 0.1) is 18.9 Å². The second-order valence-electron chi connectivity index (χ2n) is 7.70. The van der Waals surface area contributed by atoms with E-state index in [0.29, 0.717) is 33.9 Å². The molecule has 2 fully saturated rings. The minimum absolute atomic E-state index is 0.178. The maximum Gasteiger partial charge on any atom is 0.262 e. The highest BCUT2D eigenvalue weighted by Crippen LogP contribution is 2.51. The number of hydrogen-bond acceptors (Lipinski definition) is 5. The van der Waals surface area contributed by atoms with Crippen molar-refractivity contribution in [1.82, 2.24) is 19.7 Å². The number of benzene rings is 1. The highest BCUT2D eigenvalue weighted by Gasteiger charge is 2.40. The SMILES string of the molecule is C1CC2CC2C1.COc1cc(NC(C)=O)ccc1-c1nc2c(cnn2C)c(=O)[nH]1. The van der Waals surface area contributed by atoms with Gasteiger partial charge in [-0.1, -0.05) is 19.3 Å². The van der Waals surface area contributed by atoms with E-state index in [1.54, 1.807) is 44.5 Å². The summed E-state index contributed by atoms with van der Waals surface area (Å²) in [5.74, 6) is 3.11. The lowest BCUT2D eigenvalue weighted by Gasteiger charge is -2.10. The molecule has 8 nitrogen and oxygen atoms in total. The van der Waals surface area contributed by atoms with Crippen LogP contribution >= 0.6 is 0 Å². The van der Waals surface area contributed by atoms with Crippen LogP contribution in [0.4, 0.5) is 5.69 Å². The van der Waals surface area contributed by atoms with Gasteiger partial charge in [0.2, 0.25) is 5.91 Å². The van der Waals surface area contributed by atoms with Crippen LogP contribution in [0, 0.1) is 11.8 Å². The van der Waals surface area contributed by atoms with Crippen LogP contribution in [0.5, 0.6) is 5.75 Å². The van der Waals surface area contributed by atoms with Crippen LogP contribution in [-0.2, 0) is 11.8 Å². The van der Waals surface area contributed by atoms with Crippen molar-refractivity contribution in [2.24, 2.45) is 18.9 Å². The Bertz CT molecular complexity index is 1110. The van der Waals surface area contributed by atoms with Crippen LogP contribution in [0.2, 0.25) is 0 Å². The van der Waals surface area contributed by atoms with E-state index in [2.05, 4.69) is 20.4 Å². The maximum absolute atomic E-state index is 12.2. The Morgan fingerprint density at radius 1 is 1.31 bits per heavy atom. The number of H-pyrrole nitrogens is 1. The Kier molecular flexibility index (Phi) is 5.08. The average molecular weight is 395 g/mol. The summed E-state index contributed by atoms with van der Waals surface area (Å²) >= 11 is 0. The van der Waals surface area contributed by atoms with Crippen molar-refractivity contribution < 1.29 is 9.53 Å². The molecule has 8 heteroatoms. The molecule has 0 bridgehead atoms. The number of hydrogen-bond donors (Lipinski definition) is 2. The number of carbonyl (C=O) groups is 1. The summed E-state index contributed by atoms with van der Waals surface area (Å²) in [6.45, 7) is 1.43. The van der Waals surface area contributed by atoms with E-state index >= 15 is 0 Å². The summed E-state index contributed by atoms with van der Waals surface area (Å²) in [6.07, 6.45) is 7.72. The number of nitrogens with zero attached hydrogens (tertiary/aromatic N) is 3. The van der Waals surface area contributed by atoms with Crippen molar-refractivity contribution in [3.63, 3.8) is 0 Å². The van der Waals surface area contributed by atoms with Crippen molar-refractivity contribution in [2.75, 3.05) is 12.4 Å². The predicted molar refractivity (Wildman–Crippen MR) is 111 cm³/mol. The molecule has 29 heavy (non-hydrogen) atoms. The van der Waals surface area contributed by atoms with Gasteiger partial charge in [0.1, 0.15) is 17.0 Å². The number of amides is 1. The molecule has 0 spiro atoms. The van der Waals surface area contributed by atoms with E-state index in [-0.39, 0.29) is 11.5 Å². The maximum atomic E-state index is 12.2. The molecule has 2 aliphatic carbocycles. The van der Waals surface area contributed by atoms with Gasteiger partial charge in [-0.3, -0.25) is 14.3 Å². The molecule has 1 aromatic carbocycles. The molecule has 2 atom stereocenters. The fourth-order valence-electron chi connectivity index (χ4n) is 3.99. The molecular weight excluding hydrogens is 370 g/mol. The van der Waals surface area contributed by atoms with Gasteiger partial charge < -0.3 is 15.0 Å². The van der Waals surface area contributed by atoms with Crippen molar-refractivity contribution in [2.45, 2.75) is 32.6 Å². The van der Waals surface area contributed by atoms with Gasteiger partial charge in [-0.2, -0.15) is 5.10 Å². The van der Waals surface area contributed by atoms with E-state index in [0.717, 1.165) is 0 Å². The quantitative estimate of drug-likeness (QED) is 0.709. The van der Waals surface area contributed by atoms with Crippen LogP contribution in [0.1, 0.15) is 32.6 Å². The minimum atomic E-state index is -0.272. The van der Waals surface area contributed by atoms with Crippen LogP contribution in [0.25, 0.3) is 22.4 Å². The molecule has 2 aromatic heterocycles. The van der Waals surface area contributed by atoms with Gasteiger partial charge in [-0.05, 0) is 30.4 Å². The first-order chi connectivity index (χ1) is 14.0. The Hall–Kier alpha value is -3.16. The molecule has 2 unspecified atom stereocenters. The molecule has 0 saturated heterocycles. The van der Waals surface area contributed by atoms with E-state index in [1.165, 1.54) is 43.2 Å². The highest BCUT2D eigenvalue weighted by molar-refractivity contribution is 5.89. The second-order valence-corrected chi connectivity index (χ2v) is 7.70. The van der Waals surface area contributed by atoms with Crippen molar-refractivity contribution >= 4 is 22.6 Å². The van der Waals surface area contributed by atoms with E-state index in [9.17, 15) is 9.59 Å². The van der Waals surface area contributed by atoms with Gasteiger partial charge in [0.15, 0.2) is 5.65 Å². The van der Waals surface area contributed by atoms with Crippen molar-refractivity contribution in [3.8, 4) is 17.1 Å². The zero-order valence-electron chi connectivity index (χ0n) is 16.9. The third-order valence-corrected chi connectivity index (χ3v) is 5.60. The number of fused-ring (bicyclic) bond motifs is 2. The number of rotatable bonds is 3. The van der Waals surface area contributed by atoms with E-state index < -0.39 is 0 Å². The Balaban J connectivity index is 0.000000286. The Labute approximate surface area is 168 Å². The van der Waals surface area contributed by atoms with E-state index in [4.69, 9.17) is 4.74 Å². The molecule has 2 saturated carbocycles. The van der Waals surface area contributed by atoms with Crippen LogP contribution in [0.3, 0.4) is 0 Å². The molecule has 0 aliphatic heterocycles. The topological polar surface area (TPSA) is 102 Å². The zero-order chi connectivity index (χ0) is 20.5. The monoisotopic (exact) mass is 395 g/mol. The summed E-state index contributed by atoms with van der Waals surface area (Å²) in [5.41, 5.74) is 1.42. The van der Waals surface area contributed by atoms with Crippen LogP contribution < -0.4 is 15.6 Å². The van der Waals surface area contributed by atoms with Crippen molar-refractivity contribution in [3.05, 3.63) is 34.7 Å². The molecule has 152 valence electrons. The molecule has 1 amide bonds. The first-order valence-corrected chi connectivity index (χ1v) is 9.84.